The number of imidazole rings is 1. The first-order valence-corrected chi connectivity index (χ1v) is 12.5. The number of primary amides is 1. The predicted molar refractivity (Wildman–Crippen MR) is 131 cm³/mol. The second-order valence-electron chi connectivity index (χ2n) is 7.82. The molecule has 6 N–H and O–H groups in total. The number of amides is 2. The van der Waals surface area contributed by atoms with Gasteiger partial charge in [-0.25, -0.2) is 0 Å². The third kappa shape index (κ3) is 5.96. The van der Waals surface area contributed by atoms with E-state index in [9.17, 15) is 9.59 Å². The van der Waals surface area contributed by atoms with E-state index in [1.165, 1.54) is 36.1 Å². The molecule has 0 saturated heterocycles. The Morgan fingerprint density at radius 1 is 1.17 bits per heavy atom. The van der Waals surface area contributed by atoms with Gasteiger partial charge in [0.05, 0.1) is 0 Å². The normalized spacial score (nSPS) is 11.9. The minimum absolute atomic E-state index is 0.0211. The van der Waals surface area contributed by atoms with E-state index in [-0.39, 0.29) is 29.7 Å². The van der Waals surface area contributed by atoms with Crippen LogP contribution in [0.15, 0.2) is 54.9 Å². The summed E-state index contributed by atoms with van der Waals surface area (Å²) in [6, 6.07) is 11.1. The molecule has 0 atom stereocenters. The molecular weight excluding hydrogens is 491 g/mol. The molecule has 4 aromatic rings. The summed E-state index contributed by atoms with van der Waals surface area (Å²) in [5.41, 5.74) is 7.50. The van der Waals surface area contributed by atoms with Crippen molar-refractivity contribution in [1.82, 2.24) is 19.3 Å². The summed E-state index contributed by atoms with van der Waals surface area (Å²) in [4.78, 5) is 56.2. The molecule has 2 amide bonds. The van der Waals surface area contributed by atoms with Crippen LogP contribution in [0.3, 0.4) is 0 Å². The fraction of sp³-hybridized carbons (Fsp3) is 0.182. The van der Waals surface area contributed by atoms with Crippen molar-refractivity contribution in [3.05, 3.63) is 66.0 Å². The quantitative estimate of drug-likeness (QED) is 0.192. The number of aryl methyl sites for hydroxylation is 2. The van der Waals surface area contributed by atoms with Crippen molar-refractivity contribution in [1.29, 1.82) is 0 Å². The molecule has 0 unspecified atom stereocenters. The zero-order valence-electron chi connectivity index (χ0n) is 19.2. The first kappa shape index (κ1) is 25.1. The third-order valence-electron chi connectivity index (χ3n) is 5.23. The van der Waals surface area contributed by atoms with Gasteiger partial charge in [0.2, 0.25) is 5.91 Å². The summed E-state index contributed by atoms with van der Waals surface area (Å²) in [5, 5.41) is 6.82. The fourth-order valence-electron chi connectivity index (χ4n) is 3.67. The van der Waals surface area contributed by atoms with E-state index < -0.39 is 14.1 Å². The van der Waals surface area contributed by atoms with Gasteiger partial charge in [0, 0.05) is 12.4 Å². The van der Waals surface area contributed by atoms with Gasteiger partial charge in [0.25, 0.3) is 0 Å². The van der Waals surface area contributed by atoms with Crippen molar-refractivity contribution in [2.45, 2.75) is 19.5 Å². The third-order valence-corrected chi connectivity index (χ3v) is 5.74. The van der Waals surface area contributed by atoms with Gasteiger partial charge in [-0.3, -0.25) is 9.48 Å². The summed E-state index contributed by atoms with van der Waals surface area (Å²) >= 11 is 0. The number of benzene rings is 2. The maximum atomic E-state index is 12.7. The molecular formula is C22H25N6O7P. The number of nitrogens with zero attached hydrogens (tertiary/aromatic N) is 4. The number of fused-ring (bicyclic) bond motifs is 1. The summed E-state index contributed by atoms with van der Waals surface area (Å²) in [6.45, 7) is 0.339. The molecule has 0 radical (unpaired) electrons. The Labute approximate surface area is 205 Å². The van der Waals surface area contributed by atoms with E-state index in [2.05, 4.69) is 15.4 Å². The number of aromatic nitrogens is 4. The van der Waals surface area contributed by atoms with E-state index in [0.717, 1.165) is 5.56 Å². The van der Waals surface area contributed by atoms with Crippen molar-refractivity contribution in [3.8, 4) is 11.5 Å². The van der Waals surface area contributed by atoms with Crippen LogP contribution in [-0.4, -0.2) is 52.9 Å². The average molecular weight is 516 g/mol. The number of nitrogens with one attached hydrogen (secondary N) is 1. The van der Waals surface area contributed by atoms with Crippen LogP contribution in [0.5, 0.6) is 11.5 Å². The first-order chi connectivity index (χ1) is 17.1. The number of anilines is 1. The van der Waals surface area contributed by atoms with Gasteiger partial charge in [0.1, 0.15) is 0 Å². The van der Waals surface area contributed by atoms with E-state index >= 15 is 0 Å². The Balaban J connectivity index is 1.64. The molecule has 0 saturated carbocycles. The second kappa shape index (κ2) is 10.3. The molecule has 14 heteroatoms. The number of nitrogens with two attached hydrogens (primary N) is 1. The fourth-order valence-corrected chi connectivity index (χ4v) is 4.12. The van der Waals surface area contributed by atoms with Crippen LogP contribution >= 0.6 is 8.17 Å². The molecule has 2 aromatic carbocycles. The summed E-state index contributed by atoms with van der Waals surface area (Å²) in [7, 11) is -3.23. The van der Waals surface area contributed by atoms with Gasteiger partial charge < -0.3 is 5.73 Å². The molecule has 2 aromatic heterocycles. The van der Waals surface area contributed by atoms with Crippen molar-refractivity contribution < 1.29 is 33.5 Å². The Morgan fingerprint density at radius 2 is 1.92 bits per heavy atom. The molecule has 13 nitrogen and oxygen atoms in total. The Hall–Kier alpha value is -4.03. The molecule has 0 spiro atoms. The molecule has 2 heterocycles. The Kier molecular flexibility index (Phi) is 7.17. The number of hydrogen-bond donors (Lipinski definition) is 5. The van der Waals surface area contributed by atoms with Gasteiger partial charge in [-0.1, -0.05) is 0 Å². The van der Waals surface area contributed by atoms with Gasteiger partial charge in [-0.05, 0) is 6.07 Å². The number of rotatable bonds is 10. The summed E-state index contributed by atoms with van der Waals surface area (Å²) < 4.78 is 13.4. The predicted octanol–water partition coefficient (Wildman–Crippen LogP) is 0.987. The van der Waals surface area contributed by atoms with Crippen molar-refractivity contribution in [3.63, 3.8) is 0 Å². The SMILES string of the molecule is COc1cc(C(N)=O)cc2nc(NC(=O)Cn3cccn3)n(CCc3ccc(O[PH](O)(O)O)cc3)c12. The monoisotopic (exact) mass is 516 g/mol. The van der Waals surface area contributed by atoms with Gasteiger partial charge in [-0.15, -0.1) is 0 Å². The van der Waals surface area contributed by atoms with Crippen molar-refractivity contribution in [2.24, 2.45) is 5.73 Å². The van der Waals surface area contributed by atoms with Gasteiger partial charge >= 0.3 is 160 Å². The first-order valence-electron chi connectivity index (χ1n) is 10.7. The molecule has 36 heavy (non-hydrogen) atoms. The zero-order valence-corrected chi connectivity index (χ0v) is 20.2. The number of ether oxygens (including phenoxy) is 1. The maximum absolute atomic E-state index is 12.7. The number of hydrogen-bond acceptors (Lipinski definition) is 9. The summed E-state index contributed by atoms with van der Waals surface area (Å²) in [5.74, 6) is -0.273. The van der Waals surface area contributed by atoms with Crippen LogP contribution in [0.4, 0.5) is 5.95 Å². The minimum atomic E-state index is -4.68. The van der Waals surface area contributed by atoms with Crippen LogP contribution in [0, 0.1) is 0 Å². The number of carbonyl (C=O) groups is 2. The van der Waals surface area contributed by atoms with Crippen molar-refractivity contribution in [2.75, 3.05) is 12.4 Å². The Morgan fingerprint density at radius 3 is 2.53 bits per heavy atom. The molecule has 4 rings (SSSR count). The van der Waals surface area contributed by atoms with E-state index in [4.69, 9.17) is 29.7 Å². The van der Waals surface area contributed by atoms with Crippen LogP contribution < -0.4 is 20.3 Å². The van der Waals surface area contributed by atoms with E-state index in [0.29, 0.717) is 29.7 Å². The summed E-state index contributed by atoms with van der Waals surface area (Å²) in [6.07, 6.45) is 3.71. The molecule has 190 valence electrons. The molecule has 0 aliphatic heterocycles. The van der Waals surface area contributed by atoms with Gasteiger partial charge in [0.15, 0.2) is 0 Å². The van der Waals surface area contributed by atoms with Gasteiger partial charge in [-0.2, -0.15) is 5.10 Å². The number of methoxy groups -OCH3 is 1. The van der Waals surface area contributed by atoms with Crippen LogP contribution in [-0.2, 0) is 24.3 Å². The zero-order chi connectivity index (χ0) is 25.9. The van der Waals surface area contributed by atoms with Crippen LogP contribution in [0.1, 0.15) is 15.9 Å². The molecule has 0 fully saturated rings. The standard InChI is InChI=1S/C22H25N6O7P/c1-34-18-12-15(21(23)30)11-17-20(18)28(22(25-17)26-19(29)13-27-9-2-8-24-27)10-7-14-3-5-16(6-4-14)35-36(31,32)33/h2-6,8-9,11-12,31-33,36H,7,10,13H2,1H3,(H2,23,30)(H,25,26,29). The van der Waals surface area contributed by atoms with Crippen LogP contribution in [0.2, 0.25) is 0 Å². The molecule has 0 bridgehead atoms. The van der Waals surface area contributed by atoms with E-state index in [1.54, 1.807) is 35.2 Å². The number of carbonyl (C=O) groups excluding carboxylic acids is 2. The van der Waals surface area contributed by atoms with E-state index in [1.807, 2.05) is 0 Å². The Bertz CT molecular complexity index is 1380. The second-order valence-corrected chi connectivity index (χ2v) is 9.17. The van der Waals surface area contributed by atoms with Crippen molar-refractivity contribution >= 4 is 37.0 Å². The molecule has 0 aliphatic carbocycles. The topological polar surface area (TPSA) is 187 Å². The van der Waals surface area contributed by atoms with Crippen LogP contribution in [0.25, 0.3) is 11.0 Å². The molecule has 0 aliphatic rings. The average Bonchev–Trinajstić information content (AvgIpc) is 3.44.